The van der Waals surface area contributed by atoms with Crippen LogP contribution >= 0.6 is 0 Å². The van der Waals surface area contributed by atoms with Gasteiger partial charge in [-0.3, -0.25) is 9.59 Å². The second-order valence-electron chi connectivity index (χ2n) is 8.58. The molecule has 1 N–H and O–H groups in total. The molecular weight excluding hydrogens is 376 g/mol. The van der Waals surface area contributed by atoms with Crippen molar-refractivity contribution in [3.05, 3.63) is 65.2 Å². The fourth-order valence-electron chi connectivity index (χ4n) is 3.41. The Bertz CT molecular complexity index is 853. The van der Waals surface area contributed by atoms with Crippen LogP contribution in [0, 0.1) is 6.92 Å². The number of hydrogen-bond acceptors (Lipinski definition) is 3. The van der Waals surface area contributed by atoms with E-state index < -0.39 is 6.04 Å². The molecule has 2 rings (SSSR count). The average Bonchev–Trinajstić information content (AvgIpc) is 2.72. The van der Waals surface area contributed by atoms with Crippen molar-refractivity contribution < 1.29 is 14.3 Å². The third kappa shape index (κ3) is 6.09. The van der Waals surface area contributed by atoms with E-state index in [-0.39, 0.29) is 23.8 Å². The average molecular weight is 411 g/mol. The molecule has 5 heteroatoms. The smallest absolute Gasteiger partial charge is 0.261 e. The van der Waals surface area contributed by atoms with Crippen LogP contribution in [0.5, 0.6) is 5.75 Å². The van der Waals surface area contributed by atoms with Crippen molar-refractivity contribution in [3.63, 3.8) is 0 Å². The summed E-state index contributed by atoms with van der Waals surface area (Å²) in [6, 6.07) is 15.2. The second-order valence-corrected chi connectivity index (χ2v) is 8.58. The summed E-state index contributed by atoms with van der Waals surface area (Å²) in [5, 5.41) is 2.68. The molecule has 1 unspecified atom stereocenters. The summed E-state index contributed by atoms with van der Waals surface area (Å²) in [5.41, 5.74) is 3.07. The number of likely N-dealkylation sites (N-methyl/N-ethyl adjacent to an activating group) is 1. The zero-order valence-corrected chi connectivity index (χ0v) is 19.0. The quantitative estimate of drug-likeness (QED) is 0.709. The predicted octanol–water partition coefficient (Wildman–Crippen LogP) is 4.22. The normalized spacial score (nSPS) is 12.2. The lowest BCUT2D eigenvalue weighted by molar-refractivity contribution is -0.142. The standard InChI is InChI=1S/C25H34N2O3/c1-7-21(24(29)26-6)27(16-19-14-12-18(2)13-15-19)23(28)17-30-22-11-9-8-10-20(22)25(3,4)5/h8-15,21H,7,16-17H2,1-6H3,(H,26,29). The predicted molar refractivity (Wildman–Crippen MR) is 121 cm³/mol. The molecule has 162 valence electrons. The van der Waals surface area contributed by atoms with E-state index in [4.69, 9.17) is 4.74 Å². The molecule has 0 saturated heterocycles. The number of rotatable bonds is 8. The molecule has 0 aliphatic heterocycles. The number of ether oxygens (including phenoxy) is 1. The highest BCUT2D eigenvalue weighted by Gasteiger charge is 2.28. The summed E-state index contributed by atoms with van der Waals surface area (Å²) in [6.45, 7) is 10.5. The number of para-hydroxylation sites is 1. The van der Waals surface area contributed by atoms with E-state index in [2.05, 4.69) is 26.1 Å². The number of carbonyl (C=O) groups is 2. The van der Waals surface area contributed by atoms with Gasteiger partial charge < -0.3 is 15.0 Å². The van der Waals surface area contributed by atoms with E-state index in [1.54, 1.807) is 11.9 Å². The molecule has 0 aliphatic carbocycles. The molecule has 0 aliphatic rings. The fraction of sp³-hybridized carbons (Fsp3) is 0.440. The van der Waals surface area contributed by atoms with E-state index in [0.717, 1.165) is 16.7 Å². The zero-order valence-electron chi connectivity index (χ0n) is 19.0. The number of aryl methyl sites for hydroxylation is 1. The summed E-state index contributed by atoms with van der Waals surface area (Å²) in [4.78, 5) is 27.3. The first-order chi connectivity index (χ1) is 14.2. The van der Waals surface area contributed by atoms with Gasteiger partial charge in [0.25, 0.3) is 5.91 Å². The van der Waals surface area contributed by atoms with Crippen LogP contribution in [0.4, 0.5) is 0 Å². The second kappa shape index (κ2) is 10.3. The van der Waals surface area contributed by atoms with Crippen molar-refractivity contribution in [2.45, 2.75) is 59.0 Å². The van der Waals surface area contributed by atoms with E-state index in [0.29, 0.717) is 18.7 Å². The lowest BCUT2D eigenvalue weighted by atomic mass is 9.86. The Labute approximate surface area is 180 Å². The number of carbonyl (C=O) groups excluding carboxylic acids is 2. The number of benzene rings is 2. The molecule has 0 spiro atoms. The maximum absolute atomic E-state index is 13.2. The summed E-state index contributed by atoms with van der Waals surface area (Å²) in [7, 11) is 1.59. The first-order valence-corrected chi connectivity index (χ1v) is 10.5. The molecule has 5 nitrogen and oxygen atoms in total. The van der Waals surface area contributed by atoms with E-state index in [9.17, 15) is 9.59 Å². The number of nitrogens with one attached hydrogen (secondary N) is 1. The molecule has 0 aromatic heterocycles. The van der Waals surface area contributed by atoms with Crippen LogP contribution in [0.1, 0.15) is 50.8 Å². The van der Waals surface area contributed by atoms with Crippen LogP contribution in [0.2, 0.25) is 0 Å². The number of amides is 2. The molecule has 0 radical (unpaired) electrons. The minimum Gasteiger partial charge on any atom is -0.483 e. The first kappa shape index (κ1) is 23.5. The van der Waals surface area contributed by atoms with Gasteiger partial charge in [0.05, 0.1) is 0 Å². The number of hydrogen-bond donors (Lipinski definition) is 1. The van der Waals surface area contributed by atoms with Crippen LogP contribution in [0.3, 0.4) is 0 Å². The summed E-state index contributed by atoms with van der Waals surface area (Å²) in [5.74, 6) is 0.310. The minimum atomic E-state index is -0.551. The molecule has 1 atom stereocenters. The van der Waals surface area contributed by atoms with Gasteiger partial charge in [-0.15, -0.1) is 0 Å². The van der Waals surface area contributed by atoms with Crippen molar-refractivity contribution in [1.82, 2.24) is 10.2 Å². The third-order valence-electron chi connectivity index (χ3n) is 5.15. The Morgan fingerprint density at radius 2 is 1.70 bits per heavy atom. The molecule has 0 saturated carbocycles. The molecule has 0 heterocycles. The molecular formula is C25H34N2O3. The van der Waals surface area contributed by atoms with Gasteiger partial charge in [0.1, 0.15) is 11.8 Å². The SMILES string of the molecule is CCC(C(=O)NC)N(Cc1ccc(C)cc1)C(=O)COc1ccccc1C(C)(C)C. The largest absolute Gasteiger partial charge is 0.483 e. The first-order valence-electron chi connectivity index (χ1n) is 10.5. The Morgan fingerprint density at radius 3 is 2.27 bits per heavy atom. The van der Waals surface area contributed by atoms with Gasteiger partial charge in [0, 0.05) is 13.6 Å². The van der Waals surface area contributed by atoms with Crippen molar-refractivity contribution in [2.75, 3.05) is 13.7 Å². The van der Waals surface area contributed by atoms with Gasteiger partial charge in [-0.2, -0.15) is 0 Å². The molecule has 2 amide bonds. The third-order valence-corrected chi connectivity index (χ3v) is 5.15. The van der Waals surface area contributed by atoms with E-state index in [1.807, 2.05) is 62.4 Å². The lowest BCUT2D eigenvalue weighted by Crippen LogP contribution is -2.49. The molecule has 0 fully saturated rings. The summed E-state index contributed by atoms with van der Waals surface area (Å²) in [6.07, 6.45) is 0.524. The Kier molecular flexibility index (Phi) is 8.04. The highest BCUT2D eigenvalue weighted by molar-refractivity contribution is 5.88. The topological polar surface area (TPSA) is 58.6 Å². The van der Waals surface area contributed by atoms with Crippen LogP contribution in [-0.2, 0) is 21.5 Å². The highest BCUT2D eigenvalue weighted by atomic mass is 16.5. The van der Waals surface area contributed by atoms with Gasteiger partial charge in [0.2, 0.25) is 5.91 Å². The van der Waals surface area contributed by atoms with Gasteiger partial charge in [-0.25, -0.2) is 0 Å². The number of nitrogens with zero attached hydrogens (tertiary/aromatic N) is 1. The summed E-state index contributed by atoms with van der Waals surface area (Å²) >= 11 is 0. The lowest BCUT2D eigenvalue weighted by Gasteiger charge is -2.30. The monoisotopic (exact) mass is 410 g/mol. The molecule has 30 heavy (non-hydrogen) atoms. The van der Waals surface area contributed by atoms with E-state index in [1.165, 1.54) is 0 Å². The van der Waals surface area contributed by atoms with Gasteiger partial charge in [-0.05, 0) is 36.0 Å². The molecule has 0 bridgehead atoms. The van der Waals surface area contributed by atoms with Gasteiger partial charge in [-0.1, -0.05) is 75.7 Å². The van der Waals surface area contributed by atoms with E-state index >= 15 is 0 Å². The van der Waals surface area contributed by atoms with Crippen molar-refractivity contribution in [2.24, 2.45) is 0 Å². The molecule has 2 aromatic carbocycles. The van der Waals surface area contributed by atoms with Crippen LogP contribution < -0.4 is 10.1 Å². The Morgan fingerprint density at radius 1 is 1.07 bits per heavy atom. The van der Waals surface area contributed by atoms with Crippen molar-refractivity contribution in [1.29, 1.82) is 0 Å². The molecule has 2 aromatic rings. The minimum absolute atomic E-state index is 0.102. The van der Waals surface area contributed by atoms with Gasteiger partial charge in [0.15, 0.2) is 6.61 Å². The maximum Gasteiger partial charge on any atom is 0.261 e. The maximum atomic E-state index is 13.2. The van der Waals surface area contributed by atoms with Crippen LogP contribution in [0.15, 0.2) is 48.5 Å². The fourth-order valence-corrected chi connectivity index (χ4v) is 3.41. The summed E-state index contributed by atoms with van der Waals surface area (Å²) < 4.78 is 5.95. The van der Waals surface area contributed by atoms with Gasteiger partial charge >= 0.3 is 0 Å². The Hall–Kier alpha value is -2.82. The van der Waals surface area contributed by atoms with Crippen molar-refractivity contribution >= 4 is 11.8 Å². The Balaban J connectivity index is 2.24. The van der Waals surface area contributed by atoms with Crippen LogP contribution in [0.25, 0.3) is 0 Å². The zero-order chi connectivity index (χ0) is 22.3. The van der Waals surface area contributed by atoms with Crippen molar-refractivity contribution in [3.8, 4) is 5.75 Å². The highest BCUT2D eigenvalue weighted by Crippen LogP contribution is 2.31. The van der Waals surface area contributed by atoms with Crippen LogP contribution in [-0.4, -0.2) is 36.4 Å².